The van der Waals surface area contributed by atoms with Gasteiger partial charge in [-0.2, -0.15) is 5.10 Å². The maximum Gasteiger partial charge on any atom is 0.0989 e. The van der Waals surface area contributed by atoms with Crippen LogP contribution in [0.1, 0.15) is 0 Å². The molecule has 0 unspecified atom stereocenters. The highest BCUT2D eigenvalue weighted by atomic mass is 32.1. The lowest BCUT2D eigenvalue weighted by atomic mass is 10.3. The van der Waals surface area contributed by atoms with Crippen LogP contribution in [0.25, 0.3) is 11.4 Å². The van der Waals surface area contributed by atoms with Crippen molar-refractivity contribution >= 4 is 11.3 Å². The van der Waals surface area contributed by atoms with Gasteiger partial charge in [0, 0.05) is 11.6 Å². The first-order valence-electron chi connectivity index (χ1n) is 2.85. The highest BCUT2D eigenvalue weighted by Crippen LogP contribution is 2.14. The van der Waals surface area contributed by atoms with Crippen LogP contribution in [0, 0.1) is 0 Å². The van der Waals surface area contributed by atoms with Crippen LogP contribution in [0.3, 0.4) is 0 Å². The molecule has 0 radical (unpaired) electrons. The van der Waals surface area contributed by atoms with Gasteiger partial charge in [0.15, 0.2) is 0 Å². The molecule has 0 saturated heterocycles. The number of aromatic amines is 1. The second-order valence-corrected chi connectivity index (χ2v) is 2.56. The molecule has 2 heterocycles. The smallest absolute Gasteiger partial charge is 0.0989 e. The van der Waals surface area contributed by atoms with E-state index in [4.69, 9.17) is 0 Å². The molecule has 0 aliphatic carbocycles. The lowest BCUT2D eigenvalue weighted by Crippen LogP contribution is -1.74. The van der Waals surface area contributed by atoms with E-state index in [1.807, 2.05) is 11.4 Å². The lowest BCUT2D eigenvalue weighted by molar-refractivity contribution is 1.09. The monoisotopic (exact) mass is 151 g/mol. The van der Waals surface area contributed by atoms with Gasteiger partial charge in [-0.05, 0) is 6.07 Å². The highest BCUT2D eigenvalue weighted by Gasteiger charge is 1.97. The molecule has 0 bridgehead atoms. The molecule has 0 saturated carbocycles. The van der Waals surface area contributed by atoms with Crippen LogP contribution < -0.4 is 0 Å². The van der Waals surface area contributed by atoms with Crippen molar-refractivity contribution in [2.75, 3.05) is 0 Å². The summed E-state index contributed by atoms with van der Waals surface area (Å²) in [6, 6.07) is 1.90. The van der Waals surface area contributed by atoms with E-state index in [9.17, 15) is 0 Å². The van der Waals surface area contributed by atoms with Gasteiger partial charge in [0.25, 0.3) is 0 Å². The summed E-state index contributed by atoms with van der Waals surface area (Å²) in [6.45, 7) is 0. The summed E-state index contributed by atoms with van der Waals surface area (Å²) in [5.74, 6) is 0. The number of hydrogen-bond acceptors (Lipinski definition) is 3. The molecule has 2 aromatic heterocycles. The average Bonchev–Trinajstić information content (AvgIpc) is 2.59. The Morgan fingerprint density at radius 2 is 2.50 bits per heavy atom. The molecule has 10 heavy (non-hydrogen) atoms. The van der Waals surface area contributed by atoms with E-state index in [1.165, 1.54) is 0 Å². The molecule has 0 fully saturated rings. The standard InChI is InChI=1S/C6H5N3S/c1-2-8-9-5(1)6-3-10-4-7-6/h1-4H,(H,8,9). The zero-order valence-electron chi connectivity index (χ0n) is 5.11. The molecule has 0 spiro atoms. The number of H-pyrrole nitrogens is 1. The Morgan fingerprint density at radius 3 is 3.10 bits per heavy atom. The number of aromatic nitrogens is 3. The molecule has 2 rings (SSSR count). The van der Waals surface area contributed by atoms with Crippen molar-refractivity contribution in [2.24, 2.45) is 0 Å². The number of nitrogens with zero attached hydrogens (tertiary/aromatic N) is 2. The summed E-state index contributed by atoms with van der Waals surface area (Å²) in [6.07, 6.45) is 1.72. The highest BCUT2D eigenvalue weighted by molar-refractivity contribution is 7.07. The van der Waals surface area contributed by atoms with Crippen LogP contribution >= 0.6 is 11.3 Å². The van der Waals surface area contributed by atoms with Gasteiger partial charge in [0.2, 0.25) is 0 Å². The minimum atomic E-state index is 0.961. The minimum absolute atomic E-state index is 0.961. The fourth-order valence-corrected chi connectivity index (χ4v) is 1.30. The van der Waals surface area contributed by atoms with E-state index < -0.39 is 0 Å². The fraction of sp³-hybridized carbons (Fsp3) is 0. The van der Waals surface area contributed by atoms with Crippen molar-refractivity contribution in [1.82, 2.24) is 15.2 Å². The minimum Gasteiger partial charge on any atom is -0.276 e. The Labute approximate surface area is 61.7 Å². The second-order valence-electron chi connectivity index (χ2n) is 1.84. The summed E-state index contributed by atoms with van der Waals surface area (Å²) >= 11 is 1.58. The molecule has 3 nitrogen and oxygen atoms in total. The van der Waals surface area contributed by atoms with Crippen LogP contribution in [0.4, 0.5) is 0 Å². The Morgan fingerprint density at radius 1 is 1.50 bits per heavy atom. The summed E-state index contributed by atoms with van der Waals surface area (Å²) in [7, 11) is 0. The topological polar surface area (TPSA) is 41.6 Å². The molecule has 4 heteroatoms. The van der Waals surface area contributed by atoms with Crippen LogP contribution in [0.2, 0.25) is 0 Å². The molecule has 2 aromatic rings. The third-order valence-electron chi connectivity index (χ3n) is 1.21. The Hall–Kier alpha value is -1.16. The molecule has 0 atom stereocenters. The average molecular weight is 151 g/mol. The SMILES string of the molecule is c1cc(-c2cscn2)[nH]n1. The van der Waals surface area contributed by atoms with Crippen molar-refractivity contribution in [3.8, 4) is 11.4 Å². The summed E-state index contributed by atoms with van der Waals surface area (Å²) in [4.78, 5) is 4.11. The van der Waals surface area contributed by atoms with Crippen molar-refractivity contribution in [2.45, 2.75) is 0 Å². The van der Waals surface area contributed by atoms with E-state index >= 15 is 0 Å². The predicted molar refractivity (Wildman–Crippen MR) is 39.7 cm³/mol. The Kier molecular flexibility index (Phi) is 1.25. The Bertz CT molecular complexity index is 252. The van der Waals surface area contributed by atoms with Gasteiger partial charge in [-0.1, -0.05) is 0 Å². The third-order valence-corrected chi connectivity index (χ3v) is 1.80. The quantitative estimate of drug-likeness (QED) is 0.671. The molecule has 0 aliphatic heterocycles. The van der Waals surface area contributed by atoms with Crippen molar-refractivity contribution in [3.05, 3.63) is 23.2 Å². The molecule has 0 amide bonds. The first-order chi connectivity index (χ1) is 4.97. The molecule has 1 N–H and O–H groups in total. The van der Waals surface area contributed by atoms with Gasteiger partial charge in [0.1, 0.15) is 0 Å². The summed E-state index contributed by atoms with van der Waals surface area (Å²) < 4.78 is 0. The third kappa shape index (κ3) is 0.823. The zero-order chi connectivity index (χ0) is 6.81. The van der Waals surface area contributed by atoms with E-state index in [0.29, 0.717) is 0 Å². The maximum atomic E-state index is 4.11. The van der Waals surface area contributed by atoms with Crippen LogP contribution in [0.15, 0.2) is 23.2 Å². The van der Waals surface area contributed by atoms with Gasteiger partial charge < -0.3 is 0 Å². The molecule has 0 aromatic carbocycles. The van der Waals surface area contributed by atoms with Gasteiger partial charge in [-0.3, -0.25) is 5.10 Å². The van der Waals surface area contributed by atoms with E-state index in [-0.39, 0.29) is 0 Å². The maximum absolute atomic E-state index is 4.11. The number of thiazole rings is 1. The molecule has 0 aliphatic rings. The van der Waals surface area contributed by atoms with Gasteiger partial charge in [-0.25, -0.2) is 4.98 Å². The van der Waals surface area contributed by atoms with E-state index in [2.05, 4.69) is 15.2 Å². The molecular formula is C6H5N3S. The van der Waals surface area contributed by atoms with E-state index in [1.54, 1.807) is 23.0 Å². The summed E-state index contributed by atoms with van der Waals surface area (Å²) in [5, 5.41) is 8.63. The number of nitrogens with one attached hydrogen (secondary N) is 1. The van der Waals surface area contributed by atoms with Crippen molar-refractivity contribution < 1.29 is 0 Å². The second kappa shape index (κ2) is 2.22. The van der Waals surface area contributed by atoms with Gasteiger partial charge in [0.05, 0.1) is 16.9 Å². The molecular weight excluding hydrogens is 146 g/mol. The first kappa shape index (κ1) is 5.61. The van der Waals surface area contributed by atoms with Crippen LogP contribution in [-0.2, 0) is 0 Å². The first-order valence-corrected chi connectivity index (χ1v) is 3.79. The fourth-order valence-electron chi connectivity index (χ4n) is 0.744. The van der Waals surface area contributed by atoms with Gasteiger partial charge >= 0.3 is 0 Å². The van der Waals surface area contributed by atoms with Gasteiger partial charge in [-0.15, -0.1) is 11.3 Å². The zero-order valence-corrected chi connectivity index (χ0v) is 5.93. The Balaban J connectivity index is 2.48. The number of hydrogen-bond donors (Lipinski definition) is 1. The van der Waals surface area contributed by atoms with Crippen molar-refractivity contribution in [1.29, 1.82) is 0 Å². The van der Waals surface area contributed by atoms with Crippen LogP contribution in [-0.4, -0.2) is 15.2 Å². The van der Waals surface area contributed by atoms with E-state index in [0.717, 1.165) is 11.4 Å². The van der Waals surface area contributed by atoms with Crippen molar-refractivity contribution in [3.63, 3.8) is 0 Å². The summed E-state index contributed by atoms with van der Waals surface area (Å²) in [5.41, 5.74) is 3.74. The lowest BCUT2D eigenvalue weighted by Gasteiger charge is -1.84. The normalized spacial score (nSPS) is 10.0. The predicted octanol–water partition coefficient (Wildman–Crippen LogP) is 1.53. The number of rotatable bonds is 1. The van der Waals surface area contributed by atoms with Crippen LogP contribution in [0.5, 0.6) is 0 Å². The molecule has 50 valence electrons. The largest absolute Gasteiger partial charge is 0.276 e.